The Morgan fingerprint density at radius 1 is 1.20 bits per heavy atom. The number of hydrogen-bond acceptors (Lipinski definition) is 2. The van der Waals surface area contributed by atoms with E-state index in [2.05, 4.69) is 12.0 Å². The largest absolute Gasteiger partial charge is 0.478 e. The summed E-state index contributed by atoms with van der Waals surface area (Å²) >= 11 is 0. The second-order valence-electron chi connectivity index (χ2n) is 5.18. The molecule has 0 fully saturated rings. The molecule has 1 aromatic carbocycles. The Morgan fingerprint density at radius 2 is 1.90 bits per heavy atom. The van der Waals surface area contributed by atoms with E-state index in [-0.39, 0.29) is 0 Å². The van der Waals surface area contributed by atoms with Crippen LogP contribution in [0, 0.1) is 20.8 Å². The highest BCUT2D eigenvalue weighted by atomic mass is 16.4. The molecule has 0 atom stereocenters. The van der Waals surface area contributed by atoms with Gasteiger partial charge in [-0.05, 0) is 49.9 Å². The van der Waals surface area contributed by atoms with Gasteiger partial charge in [-0.3, -0.25) is 4.68 Å². The molecule has 0 bridgehead atoms. The SMILES string of the molecule is CCCn1cc(-c2cc(C(=O)O)c(C)cc2C)c(C)n1. The van der Waals surface area contributed by atoms with Crippen molar-refractivity contribution < 1.29 is 9.90 Å². The molecule has 0 spiro atoms. The van der Waals surface area contributed by atoms with Crippen molar-refractivity contribution in [1.82, 2.24) is 9.78 Å². The Balaban J connectivity index is 2.57. The number of carboxylic acid groups (broad SMARTS) is 1. The maximum absolute atomic E-state index is 11.3. The van der Waals surface area contributed by atoms with Crippen LogP contribution in [-0.4, -0.2) is 20.9 Å². The molecular formula is C16H20N2O2. The first kappa shape index (κ1) is 14.3. The fraction of sp³-hybridized carbons (Fsp3) is 0.375. The Bertz CT molecular complexity index is 657. The third-order valence-electron chi connectivity index (χ3n) is 3.49. The van der Waals surface area contributed by atoms with Gasteiger partial charge in [0.25, 0.3) is 0 Å². The van der Waals surface area contributed by atoms with Crippen LogP contribution in [0.3, 0.4) is 0 Å². The number of aryl methyl sites for hydroxylation is 4. The number of carbonyl (C=O) groups is 1. The van der Waals surface area contributed by atoms with Crippen molar-refractivity contribution in [3.63, 3.8) is 0 Å². The van der Waals surface area contributed by atoms with Crippen LogP contribution in [0.25, 0.3) is 11.1 Å². The standard InChI is InChI=1S/C16H20N2O2/c1-5-6-18-9-15(12(4)17-18)13-8-14(16(19)20)11(3)7-10(13)2/h7-9H,5-6H2,1-4H3,(H,19,20). The van der Waals surface area contributed by atoms with Gasteiger partial charge < -0.3 is 5.11 Å². The number of hydrogen-bond donors (Lipinski definition) is 1. The number of aromatic carboxylic acids is 1. The van der Waals surface area contributed by atoms with E-state index in [1.165, 1.54) is 0 Å². The summed E-state index contributed by atoms with van der Waals surface area (Å²) in [5.74, 6) is -0.887. The lowest BCUT2D eigenvalue weighted by atomic mass is 9.95. The van der Waals surface area contributed by atoms with Crippen molar-refractivity contribution in [3.05, 3.63) is 40.7 Å². The smallest absolute Gasteiger partial charge is 0.335 e. The molecule has 0 unspecified atom stereocenters. The average Bonchev–Trinajstić information content (AvgIpc) is 2.70. The number of benzene rings is 1. The minimum absolute atomic E-state index is 0.355. The molecule has 2 rings (SSSR count). The molecule has 1 aromatic heterocycles. The average molecular weight is 272 g/mol. The molecular weight excluding hydrogens is 252 g/mol. The molecule has 0 aliphatic carbocycles. The quantitative estimate of drug-likeness (QED) is 0.925. The van der Waals surface area contributed by atoms with E-state index >= 15 is 0 Å². The number of aromatic nitrogens is 2. The Morgan fingerprint density at radius 3 is 2.50 bits per heavy atom. The van der Waals surface area contributed by atoms with Crippen LogP contribution in [0.1, 0.15) is 40.5 Å². The molecule has 2 aromatic rings. The first-order valence-electron chi connectivity index (χ1n) is 6.83. The summed E-state index contributed by atoms with van der Waals surface area (Å²) in [6.45, 7) is 8.77. The highest BCUT2D eigenvalue weighted by Gasteiger charge is 2.15. The van der Waals surface area contributed by atoms with Gasteiger partial charge in [-0.1, -0.05) is 13.0 Å². The molecule has 4 nitrogen and oxygen atoms in total. The molecule has 0 amide bonds. The predicted octanol–water partition coefficient (Wildman–Crippen LogP) is 3.58. The van der Waals surface area contributed by atoms with Gasteiger partial charge >= 0.3 is 5.97 Å². The lowest BCUT2D eigenvalue weighted by molar-refractivity contribution is 0.0696. The predicted molar refractivity (Wildman–Crippen MR) is 79.1 cm³/mol. The van der Waals surface area contributed by atoms with E-state index in [1.54, 1.807) is 6.07 Å². The third-order valence-corrected chi connectivity index (χ3v) is 3.49. The molecule has 106 valence electrons. The topological polar surface area (TPSA) is 55.1 Å². The lowest BCUT2D eigenvalue weighted by Gasteiger charge is -2.09. The minimum Gasteiger partial charge on any atom is -0.478 e. The van der Waals surface area contributed by atoms with Gasteiger partial charge in [-0.2, -0.15) is 5.10 Å². The monoisotopic (exact) mass is 272 g/mol. The van der Waals surface area contributed by atoms with Crippen molar-refractivity contribution >= 4 is 5.97 Å². The second kappa shape index (κ2) is 5.49. The zero-order chi connectivity index (χ0) is 14.9. The molecule has 0 aliphatic rings. The van der Waals surface area contributed by atoms with Gasteiger partial charge in [-0.15, -0.1) is 0 Å². The van der Waals surface area contributed by atoms with Crippen molar-refractivity contribution in [2.24, 2.45) is 0 Å². The summed E-state index contributed by atoms with van der Waals surface area (Å²) in [6.07, 6.45) is 3.02. The van der Waals surface area contributed by atoms with E-state index in [1.807, 2.05) is 37.7 Å². The van der Waals surface area contributed by atoms with Crippen LogP contribution >= 0.6 is 0 Å². The normalized spacial score (nSPS) is 10.8. The van der Waals surface area contributed by atoms with E-state index in [4.69, 9.17) is 0 Å². The van der Waals surface area contributed by atoms with E-state index in [9.17, 15) is 9.90 Å². The summed E-state index contributed by atoms with van der Waals surface area (Å²) in [7, 11) is 0. The molecule has 0 saturated carbocycles. The fourth-order valence-electron chi connectivity index (χ4n) is 2.50. The van der Waals surface area contributed by atoms with Crippen LogP contribution in [0.4, 0.5) is 0 Å². The number of rotatable bonds is 4. The first-order valence-corrected chi connectivity index (χ1v) is 6.83. The number of carboxylic acids is 1. The summed E-state index contributed by atoms with van der Waals surface area (Å²) < 4.78 is 1.92. The Labute approximate surface area is 119 Å². The minimum atomic E-state index is -0.887. The summed E-state index contributed by atoms with van der Waals surface area (Å²) in [5, 5.41) is 13.7. The third kappa shape index (κ3) is 2.59. The second-order valence-corrected chi connectivity index (χ2v) is 5.18. The molecule has 20 heavy (non-hydrogen) atoms. The maximum atomic E-state index is 11.3. The summed E-state index contributed by atoms with van der Waals surface area (Å²) in [6, 6.07) is 3.68. The van der Waals surface area contributed by atoms with Gasteiger partial charge in [0.1, 0.15) is 0 Å². The lowest BCUT2D eigenvalue weighted by Crippen LogP contribution is -2.01. The van der Waals surface area contributed by atoms with Gasteiger partial charge in [0.05, 0.1) is 11.3 Å². The zero-order valence-corrected chi connectivity index (χ0v) is 12.4. The molecule has 1 N–H and O–H groups in total. The van der Waals surface area contributed by atoms with E-state index < -0.39 is 5.97 Å². The van der Waals surface area contributed by atoms with Crippen molar-refractivity contribution in [3.8, 4) is 11.1 Å². The Kier molecular flexibility index (Phi) is 3.93. The fourth-order valence-corrected chi connectivity index (χ4v) is 2.50. The van der Waals surface area contributed by atoms with E-state index in [0.29, 0.717) is 5.56 Å². The van der Waals surface area contributed by atoms with Crippen LogP contribution in [0.2, 0.25) is 0 Å². The summed E-state index contributed by atoms with van der Waals surface area (Å²) in [4.78, 5) is 11.3. The Hall–Kier alpha value is -2.10. The van der Waals surface area contributed by atoms with E-state index in [0.717, 1.165) is 40.9 Å². The van der Waals surface area contributed by atoms with Crippen LogP contribution < -0.4 is 0 Å². The van der Waals surface area contributed by atoms with Crippen LogP contribution in [0.15, 0.2) is 18.3 Å². The van der Waals surface area contributed by atoms with Crippen LogP contribution in [-0.2, 0) is 6.54 Å². The molecule has 0 radical (unpaired) electrons. The molecule has 0 saturated heterocycles. The first-order chi connectivity index (χ1) is 9.43. The van der Waals surface area contributed by atoms with Gasteiger partial charge in [0, 0.05) is 18.3 Å². The van der Waals surface area contributed by atoms with Gasteiger partial charge in [-0.25, -0.2) is 4.79 Å². The van der Waals surface area contributed by atoms with Crippen molar-refractivity contribution in [2.75, 3.05) is 0 Å². The molecule has 1 heterocycles. The summed E-state index contributed by atoms with van der Waals surface area (Å²) in [5.41, 5.74) is 5.12. The van der Waals surface area contributed by atoms with Crippen molar-refractivity contribution in [2.45, 2.75) is 40.7 Å². The van der Waals surface area contributed by atoms with Gasteiger partial charge in [0.2, 0.25) is 0 Å². The molecule has 0 aliphatic heterocycles. The highest BCUT2D eigenvalue weighted by molar-refractivity contribution is 5.91. The van der Waals surface area contributed by atoms with Crippen molar-refractivity contribution in [1.29, 1.82) is 0 Å². The van der Waals surface area contributed by atoms with Gasteiger partial charge in [0.15, 0.2) is 0 Å². The maximum Gasteiger partial charge on any atom is 0.335 e. The molecule has 4 heteroatoms. The number of nitrogens with zero attached hydrogens (tertiary/aromatic N) is 2. The highest BCUT2D eigenvalue weighted by Crippen LogP contribution is 2.29. The zero-order valence-electron chi connectivity index (χ0n) is 12.4. The van der Waals surface area contributed by atoms with Crippen LogP contribution in [0.5, 0.6) is 0 Å².